The van der Waals surface area contributed by atoms with Gasteiger partial charge in [0.25, 0.3) is 0 Å². The van der Waals surface area contributed by atoms with Gasteiger partial charge in [0.1, 0.15) is 10.0 Å². The number of rotatable bonds is 14. The van der Waals surface area contributed by atoms with Crippen LogP contribution >= 0.6 is 23.2 Å². The summed E-state index contributed by atoms with van der Waals surface area (Å²) >= 11 is 12.5. The number of nitrogens with zero attached hydrogens (tertiary/aromatic N) is 4. The predicted molar refractivity (Wildman–Crippen MR) is 241 cm³/mol. The molecule has 0 aliphatic rings. The van der Waals surface area contributed by atoms with Gasteiger partial charge >= 0.3 is 0 Å². The summed E-state index contributed by atoms with van der Waals surface area (Å²) in [5.41, 5.74) is 9.05. The van der Waals surface area contributed by atoms with Crippen LogP contribution in [0.3, 0.4) is 0 Å². The second-order valence-electron chi connectivity index (χ2n) is 13.4. The van der Waals surface area contributed by atoms with Crippen LogP contribution in [-0.4, -0.2) is 53.2 Å². The lowest BCUT2D eigenvalue weighted by Gasteiger charge is -2.15. The van der Waals surface area contributed by atoms with Crippen molar-refractivity contribution in [1.82, 2.24) is 19.9 Å². The molecule has 2 aromatic heterocycles. The third-order valence-electron chi connectivity index (χ3n) is 8.34. The summed E-state index contributed by atoms with van der Waals surface area (Å²) in [6.07, 6.45) is 4.02. The van der Waals surface area contributed by atoms with Crippen molar-refractivity contribution in [3.8, 4) is 0 Å². The Kier molecular flexibility index (Phi) is 14.7. The lowest BCUT2D eigenvalue weighted by atomic mass is 10.2. The minimum absolute atomic E-state index is 0.157. The fourth-order valence-corrected chi connectivity index (χ4v) is 7.85. The van der Waals surface area contributed by atoms with Gasteiger partial charge in [-0.15, -0.1) is 0 Å². The number of para-hydroxylation sites is 2. The number of carbonyl (C=O) groups is 1. The van der Waals surface area contributed by atoms with Crippen LogP contribution in [0.1, 0.15) is 27.7 Å². The summed E-state index contributed by atoms with van der Waals surface area (Å²) < 4.78 is 50.7. The number of benzene rings is 4. The molecule has 0 saturated heterocycles. The highest BCUT2D eigenvalue weighted by atomic mass is 35.5. The van der Waals surface area contributed by atoms with Gasteiger partial charge < -0.3 is 32.3 Å². The summed E-state index contributed by atoms with van der Waals surface area (Å²) in [5, 5.41) is 14.1. The minimum Gasteiger partial charge on any atom is -0.399 e. The average Bonchev–Trinajstić information content (AvgIpc) is 3.21. The molecule has 6 aromatic rings. The van der Waals surface area contributed by atoms with E-state index < -0.39 is 30.2 Å². The van der Waals surface area contributed by atoms with Crippen molar-refractivity contribution in [3.05, 3.63) is 132 Å². The Morgan fingerprint density at radius 3 is 1.52 bits per heavy atom. The van der Waals surface area contributed by atoms with Gasteiger partial charge in [0.05, 0.1) is 44.1 Å². The van der Waals surface area contributed by atoms with Gasteiger partial charge in [0, 0.05) is 22.7 Å². The van der Waals surface area contributed by atoms with Crippen LogP contribution in [0, 0.1) is 0 Å². The standard InChI is InChI=1S/C22H22ClN5O3S.C19H20ClN5O2S/c1-4-20(29)25-15-8-7-9-16(12-15)26-22-24-13-17(23)21(28-22)27-18-10-5-6-11-19(18)32(30,31)14(2)3;1-12(2)28(26,27)17-9-4-3-8-16(17)24-18-15(20)11-22-19(25-18)23-14-7-5-6-13(21)10-14/h4-14H,1H2,2-3H3,(H,25,29)(H2,24,26,27,28);3-12H,21H2,1-2H3,(H2,22,23,24,25). The molecule has 0 fully saturated rings. The minimum atomic E-state index is -3.52. The molecule has 1 amide bonds. The lowest BCUT2D eigenvalue weighted by molar-refractivity contribution is -0.111. The summed E-state index contributed by atoms with van der Waals surface area (Å²) in [7, 11) is -7.00. The molecule has 312 valence electrons. The number of carbonyl (C=O) groups excluding carboxylic acids is 1. The van der Waals surface area contributed by atoms with Gasteiger partial charge in [-0.2, -0.15) is 9.97 Å². The van der Waals surface area contributed by atoms with Crippen molar-refractivity contribution in [3.63, 3.8) is 0 Å². The van der Waals surface area contributed by atoms with Gasteiger partial charge in [0.2, 0.25) is 17.8 Å². The van der Waals surface area contributed by atoms with Crippen molar-refractivity contribution in [2.24, 2.45) is 0 Å². The van der Waals surface area contributed by atoms with E-state index >= 15 is 0 Å². The number of nitrogens with two attached hydrogens (primary N) is 1. The Morgan fingerprint density at radius 2 is 1.07 bits per heavy atom. The fourth-order valence-electron chi connectivity index (χ4n) is 5.17. The van der Waals surface area contributed by atoms with Crippen LogP contribution in [0.15, 0.2) is 132 Å². The molecule has 6 rings (SSSR count). The second-order valence-corrected chi connectivity index (χ2v) is 19.1. The molecule has 2 heterocycles. The Labute approximate surface area is 358 Å². The van der Waals surface area contributed by atoms with E-state index in [-0.39, 0.29) is 43.3 Å². The number of amides is 1. The van der Waals surface area contributed by atoms with Crippen LogP contribution < -0.4 is 32.3 Å². The third-order valence-corrected chi connectivity index (χ3v) is 13.3. The first kappa shape index (κ1) is 44.8. The quantitative estimate of drug-likeness (QED) is 0.0443. The molecule has 0 bridgehead atoms. The maximum Gasteiger partial charge on any atom is 0.247 e. The van der Waals surface area contributed by atoms with Crippen molar-refractivity contribution in [1.29, 1.82) is 0 Å². The monoisotopic (exact) mass is 888 g/mol. The predicted octanol–water partition coefficient (Wildman–Crippen LogP) is 9.31. The molecule has 15 nitrogen and oxygen atoms in total. The smallest absolute Gasteiger partial charge is 0.247 e. The molecule has 0 radical (unpaired) electrons. The van der Waals surface area contributed by atoms with Crippen molar-refractivity contribution >= 4 is 106 Å². The molecule has 0 aliphatic carbocycles. The number of halogens is 2. The zero-order valence-corrected chi connectivity index (χ0v) is 36.0. The number of nitrogens with one attached hydrogen (secondary N) is 5. The highest BCUT2D eigenvalue weighted by molar-refractivity contribution is 7.92. The first-order chi connectivity index (χ1) is 28.5. The first-order valence-electron chi connectivity index (χ1n) is 18.2. The highest BCUT2D eigenvalue weighted by Gasteiger charge is 2.24. The summed E-state index contributed by atoms with van der Waals surface area (Å²) in [5.74, 6) is 0.725. The van der Waals surface area contributed by atoms with Gasteiger partial charge in [0.15, 0.2) is 31.3 Å². The van der Waals surface area contributed by atoms with Crippen molar-refractivity contribution in [2.45, 2.75) is 48.0 Å². The molecule has 0 saturated carbocycles. The van der Waals surface area contributed by atoms with Crippen LogP contribution in [0.2, 0.25) is 10.0 Å². The van der Waals surface area contributed by atoms with Gasteiger partial charge in [-0.1, -0.05) is 66.2 Å². The zero-order valence-electron chi connectivity index (χ0n) is 32.8. The number of anilines is 10. The zero-order chi connectivity index (χ0) is 43.6. The molecule has 4 aromatic carbocycles. The number of hydrogen-bond donors (Lipinski definition) is 6. The number of aromatic nitrogens is 4. The van der Waals surface area contributed by atoms with E-state index in [4.69, 9.17) is 28.9 Å². The van der Waals surface area contributed by atoms with Gasteiger partial charge in [-0.3, -0.25) is 4.79 Å². The molecular formula is C41H42Cl2N10O5S2. The van der Waals surface area contributed by atoms with Crippen molar-refractivity contribution in [2.75, 3.05) is 32.3 Å². The van der Waals surface area contributed by atoms with E-state index in [0.29, 0.717) is 34.4 Å². The fraction of sp³-hybridized carbons (Fsp3) is 0.146. The SMILES string of the molecule is C=CC(=O)Nc1cccc(Nc2ncc(Cl)c(Nc3ccccc3S(=O)(=O)C(C)C)n2)c1.CC(C)S(=O)(=O)c1ccccc1Nc1nc(Nc2cccc(N)c2)ncc1Cl. The molecule has 60 heavy (non-hydrogen) atoms. The van der Waals surface area contributed by atoms with Crippen molar-refractivity contribution < 1.29 is 21.6 Å². The normalized spacial score (nSPS) is 11.3. The summed E-state index contributed by atoms with van der Waals surface area (Å²) in [4.78, 5) is 28.9. The molecular weight excluding hydrogens is 848 g/mol. The van der Waals surface area contributed by atoms with Crippen LogP contribution in [0.4, 0.5) is 57.7 Å². The molecule has 0 atom stereocenters. The van der Waals surface area contributed by atoms with Crippen LogP contribution in [0.5, 0.6) is 0 Å². The Bertz CT molecular complexity index is 2740. The Hall–Kier alpha value is -6.27. The Balaban J connectivity index is 0.000000230. The van der Waals surface area contributed by atoms with E-state index in [9.17, 15) is 21.6 Å². The lowest BCUT2D eigenvalue weighted by Crippen LogP contribution is -2.15. The molecule has 19 heteroatoms. The molecule has 0 aliphatic heterocycles. The van der Waals surface area contributed by atoms with E-state index in [1.165, 1.54) is 24.5 Å². The summed E-state index contributed by atoms with van der Waals surface area (Å²) in [6.45, 7) is 9.94. The second kappa shape index (κ2) is 19.7. The van der Waals surface area contributed by atoms with Gasteiger partial charge in [-0.05, 0) is 94.4 Å². The number of sulfone groups is 2. The number of hydrogen-bond acceptors (Lipinski definition) is 14. The van der Waals surface area contributed by atoms with Crippen LogP contribution in [-0.2, 0) is 24.5 Å². The van der Waals surface area contributed by atoms with E-state index in [2.05, 4.69) is 53.1 Å². The third kappa shape index (κ3) is 11.5. The maximum atomic E-state index is 12.7. The molecule has 0 spiro atoms. The largest absolute Gasteiger partial charge is 0.399 e. The first-order valence-corrected chi connectivity index (χ1v) is 22.0. The topological polar surface area (TPSA) is 223 Å². The van der Waals surface area contributed by atoms with Crippen LogP contribution in [0.25, 0.3) is 0 Å². The van der Waals surface area contributed by atoms with E-state index in [1.807, 2.05) is 6.07 Å². The molecule has 7 N–H and O–H groups in total. The Morgan fingerprint density at radius 1 is 0.633 bits per heavy atom. The molecule has 0 unspecified atom stereocenters. The van der Waals surface area contributed by atoms with Gasteiger partial charge in [-0.25, -0.2) is 26.8 Å². The summed E-state index contributed by atoms with van der Waals surface area (Å²) in [6, 6.07) is 27.3. The van der Waals surface area contributed by atoms with E-state index in [0.717, 1.165) is 5.69 Å². The number of nitrogen functional groups attached to an aromatic ring is 1. The van der Waals surface area contributed by atoms with E-state index in [1.54, 1.807) is 113 Å². The maximum absolute atomic E-state index is 12.7. The highest BCUT2D eigenvalue weighted by Crippen LogP contribution is 2.32. The average molecular weight is 890 g/mol.